The average molecular weight is 422 g/mol. The van der Waals surface area contributed by atoms with Gasteiger partial charge in [0.1, 0.15) is 5.71 Å². The number of nitrogens with zero attached hydrogens (tertiary/aromatic N) is 3. The van der Waals surface area contributed by atoms with Crippen LogP contribution in [-0.2, 0) is 0 Å². The first-order valence-corrected chi connectivity index (χ1v) is 9.97. The molecule has 0 atom stereocenters. The number of carbonyl (C=O) groups is 1. The van der Waals surface area contributed by atoms with Crippen LogP contribution in [0.25, 0.3) is 10.9 Å². The number of aliphatic imine (C=N–C) groups is 1. The van der Waals surface area contributed by atoms with Gasteiger partial charge in [0.05, 0.1) is 17.5 Å². The van der Waals surface area contributed by atoms with Crippen molar-refractivity contribution in [2.24, 2.45) is 15.9 Å². The molecule has 1 aliphatic rings. The van der Waals surface area contributed by atoms with Gasteiger partial charge >= 0.3 is 0 Å². The van der Waals surface area contributed by atoms with E-state index in [-0.39, 0.29) is 22.7 Å². The summed E-state index contributed by atoms with van der Waals surface area (Å²) in [6, 6.07) is 13.9. The number of hydrogen-bond acceptors (Lipinski definition) is 5. The number of aromatic nitrogens is 1. The Bertz CT molecular complexity index is 1210. The van der Waals surface area contributed by atoms with Gasteiger partial charge in [0.2, 0.25) is 0 Å². The highest BCUT2D eigenvalue weighted by molar-refractivity contribution is 6.38. The predicted molar refractivity (Wildman–Crippen MR) is 120 cm³/mol. The van der Waals surface area contributed by atoms with Crippen molar-refractivity contribution in [2.75, 3.05) is 13.1 Å². The van der Waals surface area contributed by atoms with Crippen molar-refractivity contribution in [3.8, 4) is 0 Å². The van der Waals surface area contributed by atoms with E-state index >= 15 is 0 Å². The standard InChI is InChI=1S/C22H20ClN5O2/c23-16-5-8-19-15(11-16)12-18(21(29)26-19)20(27-24)13-25-17-6-3-14(4-7-17)22(30)28-9-1-2-10-28/h3-8,11-13H,1-2,9-10,24H2,(H,26,29). The van der Waals surface area contributed by atoms with Gasteiger partial charge in [0.25, 0.3) is 11.5 Å². The Morgan fingerprint density at radius 2 is 1.83 bits per heavy atom. The SMILES string of the molecule is NN=C(C=Nc1ccc(C(=O)N2CCCC2)cc1)c1cc2cc(Cl)ccc2[nH]c1=O. The fourth-order valence-corrected chi connectivity index (χ4v) is 3.65. The molecule has 0 bridgehead atoms. The van der Waals surface area contributed by atoms with Gasteiger partial charge in [-0.25, -0.2) is 0 Å². The van der Waals surface area contributed by atoms with Crippen LogP contribution in [0.15, 0.2) is 63.4 Å². The van der Waals surface area contributed by atoms with Gasteiger partial charge in [-0.3, -0.25) is 14.6 Å². The summed E-state index contributed by atoms with van der Waals surface area (Å²) in [4.78, 5) is 33.9. The molecule has 2 heterocycles. The molecule has 2 aromatic carbocycles. The highest BCUT2D eigenvalue weighted by Crippen LogP contribution is 2.19. The Morgan fingerprint density at radius 1 is 1.10 bits per heavy atom. The fourth-order valence-electron chi connectivity index (χ4n) is 3.47. The molecule has 1 amide bonds. The third-order valence-electron chi connectivity index (χ3n) is 5.06. The molecule has 3 aromatic rings. The number of rotatable bonds is 4. The van der Waals surface area contributed by atoms with Gasteiger partial charge in [0, 0.05) is 34.6 Å². The summed E-state index contributed by atoms with van der Waals surface area (Å²) < 4.78 is 0. The van der Waals surface area contributed by atoms with E-state index in [4.69, 9.17) is 17.4 Å². The summed E-state index contributed by atoms with van der Waals surface area (Å²) >= 11 is 6.04. The summed E-state index contributed by atoms with van der Waals surface area (Å²) in [7, 11) is 0. The van der Waals surface area contributed by atoms with Gasteiger partial charge in [-0.15, -0.1) is 0 Å². The number of hydrogen-bond donors (Lipinski definition) is 2. The number of aromatic amines is 1. The molecule has 0 unspecified atom stereocenters. The number of hydrazone groups is 1. The number of pyridine rings is 1. The van der Waals surface area contributed by atoms with Gasteiger partial charge in [-0.05, 0) is 61.4 Å². The number of carbonyl (C=O) groups excluding carboxylic acids is 1. The minimum atomic E-state index is -0.327. The smallest absolute Gasteiger partial charge is 0.258 e. The lowest BCUT2D eigenvalue weighted by atomic mass is 10.1. The van der Waals surface area contributed by atoms with Crippen LogP contribution in [0.2, 0.25) is 5.02 Å². The monoisotopic (exact) mass is 421 g/mol. The Morgan fingerprint density at radius 3 is 2.53 bits per heavy atom. The molecular weight excluding hydrogens is 402 g/mol. The summed E-state index contributed by atoms with van der Waals surface area (Å²) in [5, 5.41) is 5.03. The van der Waals surface area contributed by atoms with E-state index in [0.29, 0.717) is 21.8 Å². The van der Waals surface area contributed by atoms with Crippen LogP contribution >= 0.6 is 11.6 Å². The Kier molecular flexibility index (Phi) is 5.63. The van der Waals surface area contributed by atoms with Crippen molar-refractivity contribution in [1.29, 1.82) is 0 Å². The van der Waals surface area contributed by atoms with Crippen LogP contribution in [0.4, 0.5) is 5.69 Å². The number of halogens is 1. The lowest BCUT2D eigenvalue weighted by Gasteiger charge is -2.14. The van der Waals surface area contributed by atoms with Crippen LogP contribution in [0.1, 0.15) is 28.8 Å². The first-order valence-electron chi connectivity index (χ1n) is 9.59. The molecule has 0 aliphatic carbocycles. The maximum absolute atomic E-state index is 12.4. The average Bonchev–Trinajstić information content (AvgIpc) is 3.29. The topological polar surface area (TPSA) is 104 Å². The molecule has 1 saturated heterocycles. The Hall–Kier alpha value is -3.45. The van der Waals surface area contributed by atoms with Crippen LogP contribution in [0.5, 0.6) is 0 Å². The zero-order chi connectivity index (χ0) is 21.1. The number of nitrogens with one attached hydrogen (secondary N) is 1. The van der Waals surface area contributed by atoms with Crippen molar-refractivity contribution in [2.45, 2.75) is 12.8 Å². The summed E-state index contributed by atoms with van der Waals surface area (Å²) in [5.41, 5.74) is 2.11. The summed E-state index contributed by atoms with van der Waals surface area (Å²) in [6.45, 7) is 1.61. The van der Waals surface area contributed by atoms with E-state index in [1.807, 2.05) is 4.90 Å². The van der Waals surface area contributed by atoms with Gasteiger partial charge in [-0.1, -0.05) is 11.6 Å². The van der Waals surface area contributed by atoms with Crippen LogP contribution in [-0.4, -0.2) is 40.8 Å². The van der Waals surface area contributed by atoms with E-state index < -0.39 is 0 Å². The Labute approximate surface area is 177 Å². The number of amides is 1. The largest absolute Gasteiger partial charge is 0.339 e. The van der Waals surface area contributed by atoms with E-state index in [1.165, 1.54) is 6.21 Å². The van der Waals surface area contributed by atoms with Crippen molar-refractivity contribution < 1.29 is 4.79 Å². The number of H-pyrrole nitrogens is 1. The predicted octanol–water partition coefficient (Wildman–Crippen LogP) is 3.48. The lowest BCUT2D eigenvalue weighted by Crippen LogP contribution is -2.27. The zero-order valence-corrected chi connectivity index (χ0v) is 16.9. The number of benzene rings is 2. The maximum Gasteiger partial charge on any atom is 0.258 e. The molecule has 1 aromatic heterocycles. The molecule has 0 saturated carbocycles. The van der Waals surface area contributed by atoms with Gasteiger partial charge < -0.3 is 15.7 Å². The molecule has 8 heteroatoms. The quantitative estimate of drug-likeness (QED) is 0.382. The van der Waals surface area contributed by atoms with E-state index in [9.17, 15) is 9.59 Å². The van der Waals surface area contributed by atoms with E-state index in [2.05, 4.69) is 15.1 Å². The van der Waals surface area contributed by atoms with Gasteiger partial charge in [0.15, 0.2) is 0 Å². The summed E-state index contributed by atoms with van der Waals surface area (Å²) in [5.74, 6) is 5.55. The van der Waals surface area contributed by atoms with Crippen molar-refractivity contribution in [3.63, 3.8) is 0 Å². The van der Waals surface area contributed by atoms with Crippen LogP contribution in [0.3, 0.4) is 0 Å². The van der Waals surface area contributed by atoms with Crippen LogP contribution in [0, 0.1) is 0 Å². The molecule has 1 aliphatic heterocycles. The second-order valence-corrected chi connectivity index (χ2v) is 7.50. The highest BCUT2D eigenvalue weighted by Gasteiger charge is 2.19. The molecule has 152 valence electrons. The van der Waals surface area contributed by atoms with Gasteiger partial charge in [-0.2, -0.15) is 5.10 Å². The van der Waals surface area contributed by atoms with Crippen molar-refractivity contribution in [1.82, 2.24) is 9.88 Å². The first kappa shape index (κ1) is 19.8. The highest BCUT2D eigenvalue weighted by atomic mass is 35.5. The molecule has 7 nitrogen and oxygen atoms in total. The summed E-state index contributed by atoms with van der Waals surface area (Å²) in [6.07, 6.45) is 3.53. The van der Waals surface area contributed by atoms with Crippen LogP contribution < -0.4 is 11.4 Å². The molecule has 0 spiro atoms. The normalized spacial score (nSPS) is 14.7. The van der Waals surface area contributed by atoms with Crippen molar-refractivity contribution >= 4 is 46.0 Å². The maximum atomic E-state index is 12.4. The minimum Gasteiger partial charge on any atom is -0.339 e. The number of likely N-dealkylation sites (tertiary alicyclic amines) is 1. The minimum absolute atomic E-state index is 0.0357. The Balaban J connectivity index is 1.56. The van der Waals surface area contributed by atoms with Crippen molar-refractivity contribution in [3.05, 3.63) is 75.0 Å². The molecule has 3 N–H and O–H groups in total. The van der Waals surface area contributed by atoms with E-state index in [1.54, 1.807) is 48.5 Å². The first-order chi connectivity index (χ1) is 14.5. The third-order valence-corrected chi connectivity index (χ3v) is 5.30. The molecule has 1 fully saturated rings. The molecular formula is C22H20ClN5O2. The lowest BCUT2D eigenvalue weighted by molar-refractivity contribution is 0.0793. The third kappa shape index (κ3) is 4.11. The molecule has 4 rings (SSSR count). The second kappa shape index (κ2) is 8.51. The molecule has 0 radical (unpaired) electrons. The van der Waals surface area contributed by atoms with E-state index in [0.717, 1.165) is 31.3 Å². The fraction of sp³-hybridized carbons (Fsp3) is 0.182. The second-order valence-electron chi connectivity index (χ2n) is 7.06. The molecule has 30 heavy (non-hydrogen) atoms. The zero-order valence-electron chi connectivity index (χ0n) is 16.1. The number of fused-ring (bicyclic) bond motifs is 1. The number of nitrogens with two attached hydrogens (primary N) is 1.